The van der Waals surface area contributed by atoms with Gasteiger partial charge in [-0.2, -0.15) is 0 Å². The Morgan fingerprint density at radius 2 is 1.91 bits per heavy atom. The first-order valence-electron chi connectivity index (χ1n) is 8.20. The van der Waals surface area contributed by atoms with Gasteiger partial charge in [0.15, 0.2) is 0 Å². The number of hydrogen-bond donors (Lipinski definition) is 3. The lowest BCUT2D eigenvalue weighted by Gasteiger charge is -2.46. The molecule has 1 aliphatic rings. The Morgan fingerprint density at radius 3 is 2.43 bits per heavy atom. The number of carbonyl (C=O) groups is 1. The molecule has 0 bridgehead atoms. The maximum absolute atomic E-state index is 12.2. The number of thioether (sulfide) groups is 1. The standard InChI is InChI=1S/C16H29N5OS/c1-10(2)13-18-14(20-19-13)23-9-12(22)17-11-7-15(3,4)21-16(5,6)8-11/h10-11,21H,7-9H2,1-6H3,(H,17,22)(H,18,19,20). The van der Waals surface area contributed by atoms with Crippen LogP contribution in [0.25, 0.3) is 0 Å². The van der Waals surface area contributed by atoms with Crippen molar-refractivity contribution in [2.75, 3.05) is 5.75 Å². The van der Waals surface area contributed by atoms with Gasteiger partial charge in [-0.3, -0.25) is 9.89 Å². The monoisotopic (exact) mass is 339 g/mol. The molecule has 2 heterocycles. The molecule has 7 heteroatoms. The molecule has 0 aliphatic carbocycles. The summed E-state index contributed by atoms with van der Waals surface area (Å²) in [5.74, 6) is 1.56. The van der Waals surface area contributed by atoms with Crippen LogP contribution in [0, 0.1) is 0 Å². The van der Waals surface area contributed by atoms with Gasteiger partial charge >= 0.3 is 0 Å². The molecule has 0 spiro atoms. The van der Waals surface area contributed by atoms with E-state index in [1.54, 1.807) is 0 Å². The van der Waals surface area contributed by atoms with Crippen LogP contribution in [-0.4, -0.2) is 44.0 Å². The Kier molecular flexibility index (Phi) is 5.41. The molecule has 130 valence electrons. The van der Waals surface area contributed by atoms with Crippen LogP contribution in [-0.2, 0) is 4.79 Å². The predicted octanol–water partition coefficient (Wildman–Crippen LogP) is 2.45. The Balaban J connectivity index is 1.84. The lowest BCUT2D eigenvalue weighted by Crippen LogP contribution is -2.62. The van der Waals surface area contributed by atoms with E-state index >= 15 is 0 Å². The third-order valence-electron chi connectivity index (χ3n) is 3.92. The fourth-order valence-electron chi connectivity index (χ4n) is 3.40. The van der Waals surface area contributed by atoms with Gasteiger partial charge in [0.1, 0.15) is 5.82 Å². The zero-order valence-electron chi connectivity index (χ0n) is 15.0. The highest BCUT2D eigenvalue weighted by molar-refractivity contribution is 7.99. The minimum absolute atomic E-state index is 0.0305. The number of rotatable bonds is 5. The number of piperidine rings is 1. The fourth-order valence-corrected chi connectivity index (χ4v) is 4.02. The summed E-state index contributed by atoms with van der Waals surface area (Å²) in [6.45, 7) is 12.8. The van der Waals surface area contributed by atoms with E-state index in [4.69, 9.17) is 0 Å². The number of amides is 1. The van der Waals surface area contributed by atoms with Crippen LogP contribution in [0.15, 0.2) is 5.16 Å². The number of H-pyrrole nitrogens is 1. The summed E-state index contributed by atoms with van der Waals surface area (Å²) in [6, 6.07) is 0.202. The van der Waals surface area contributed by atoms with Crippen LogP contribution in [0.4, 0.5) is 0 Å². The second-order valence-corrected chi connectivity index (χ2v) is 8.95. The van der Waals surface area contributed by atoms with Gasteiger partial charge in [0, 0.05) is 23.0 Å². The summed E-state index contributed by atoms with van der Waals surface area (Å²) in [5.41, 5.74) is 0.0610. The predicted molar refractivity (Wildman–Crippen MR) is 93.7 cm³/mol. The maximum Gasteiger partial charge on any atom is 0.230 e. The second-order valence-electron chi connectivity index (χ2n) is 8.01. The van der Waals surface area contributed by atoms with Gasteiger partial charge in [-0.1, -0.05) is 25.6 Å². The Morgan fingerprint density at radius 1 is 1.30 bits per heavy atom. The minimum atomic E-state index is 0.0305. The molecule has 2 rings (SSSR count). The quantitative estimate of drug-likeness (QED) is 0.718. The summed E-state index contributed by atoms with van der Waals surface area (Å²) in [6.07, 6.45) is 1.87. The lowest BCUT2D eigenvalue weighted by atomic mass is 9.79. The third kappa shape index (κ3) is 5.49. The molecule has 23 heavy (non-hydrogen) atoms. The summed E-state index contributed by atoms with van der Waals surface area (Å²) in [4.78, 5) is 16.6. The summed E-state index contributed by atoms with van der Waals surface area (Å²) in [5, 5.41) is 14.5. The average Bonchev–Trinajstić information content (AvgIpc) is 2.81. The van der Waals surface area contributed by atoms with Crippen molar-refractivity contribution in [3.63, 3.8) is 0 Å². The molecule has 0 unspecified atom stereocenters. The molecular formula is C16H29N5OS. The molecule has 1 saturated heterocycles. The zero-order valence-corrected chi connectivity index (χ0v) is 15.8. The minimum Gasteiger partial charge on any atom is -0.353 e. The van der Waals surface area contributed by atoms with Gasteiger partial charge in [0.05, 0.1) is 5.75 Å². The first-order valence-corrected chi connectivity index (χ1v) is 9.19. The van der Waals surface area contributed by atoms with Crippen LogP contribution in [0.1, 0.15) is 66.1 Å². The van der Waals surface area contributed by atoms with Gasteiger partial charge in [-0.05, 0) is 40.5 Å². The Bertz CT molecular complexity index is 536. The number of nitrogens with zero attached hydrogens (tertiary/aromatic N) is 2. The van der Waals surface area contributed by atoms with E-state index in [1.807, 2.05) is 0 Å². The van der Waals surface area contributed by atoms with E-state index in [0.29, 0.717) is 16.8 Å². The maximum atomic E-state index is 12.2. The van der Waals surface area contributed by atoms with Crippen LogP contribution in [0.2, 0.25) is 0 Å². The molecule has 1 fully saturated rings. The van der Waals surface area contributed by atoms with E-state index in [-0.39, 0.29) is 23.0 Å². The van der Waals surface area contributed by atoms with Crippen LogP contribution in [0.3, 0.4) is 0 Å². The smallest absolute Gasteiger partial charge is 0.230 e. The number of carbonyl (C=O) groups excluding carboxylic acids is 1. The van der Waals surface area contributed by atoms with E-state index in [1.165, 1.54) is 11.8 Å². The molecule has 1 aromatic heterocycles. The first kappa shape index (κ1) is 18.3. The molecule has 1 aliphatic heterocycles. The summed E-state index contributed by atoms with van der Waals surface area (Å²) >= 11 is 1.37. The number of nitrogens with one attached hydrogen (secondary N) is 3. The van der Waals surface area contributed by atoms with Crippen molar-refractivity contribution < 1.29 is 4.79 Å². The third-order valence-corrected chi connectivity index (χ3v) is 4.76. The van der Waals surface area contributed by atoms with Gasteiger partial charge < -0.3 is 10.6 Å². The molecule has 1 amide bonds. The Labute approximate surface area is 143 Å². The van der Waals surface area contributed by atoms with Crippen molar-refractivity contribution in [3.8, 4) is 0 Å². The van der Waals surface area contributed by atoms with Crippen LogP contribution >= 0.6 is 11.8 Å². The largest absolute Gasteiger partial charge is 0.353 e. The molecule has 6 nitrogen and oxygen atoms in total. The second kappa shape index (κ2) is 6.81. The number of hydrogen-bond acceptors (Lipinski definition) is 5. The molecule has 0 aromatic carbocycles. The van der Waals surface area contributed by atoms with E-state index in [2.05, 4.69) is 67.4 Å². The van der Waals surface area contributed by atoms with E-state index in [0.717, 1.165) is 18.7 Å². The number of aromatic amines is 1. The van der Waals surface area contributed by atoms with Gasteiger partial charge in [0.25, 0.3) is 0 Å². The van der Waals surface area contributed by atoms with Crippen molar-refractivity contribution >= 4 is 17.7 Å². The SMILES string of the molecule is CC(C)c1nc(SCC(=O)NC2CC(C)(C)NC(C)(C)C2)n[nH]1. The topological polar surface area (TPSA) is 82.7 Å². The fraction of sp³-hybridized carbons (Fsp3) is 0.812. The zero-order chi connectivity index (χ0) is 17.3. The first-order chi connectivity index (χ1) is 10.6. The van der Waals surface area contributed by atoms with Crippen molar-refractivity contribution in [2.45, 2.75) is 82.6 Å². The van der Waals surface area contributed by atoms with Gasteiger partial charge in [0.2, 0.25) is 11.1 Å². The van der Waals surface area contributed by atoms with Crippen LogP contribution < -0.4 is 10.6 Å². The highest BCUT2D eigenvalue weighted by atomic mass is 32.2. The average molecular weight is 340 g/mol. The highest BCUT2D eigenvalue weighted by Crippen LogP contribution is 2.28. The molecule has 0 saturated carbocycles. The number of aromatic nitrogens is 3. The summed E-state index contributed by atoms with van der Waals surface area (Å²) in [7, 11) is 0. The summed E-state index contributed by atoms with van der Waals surface area (Å²) < 4.78 is 0. The van der Waals surface area contributed by atoms with Crippen molar-refractivity contribution in [2.24, 2.45) is 0 Å². The van der Waals surface area contributed by atoms with Gasteiger partial charge in [-0.15, -0.1) is 5.10 Å². The molecule has 0 atom stereocenters. The lowest BCUT2D eigenvalue weighted by molar-refractivity contribution is -0.119. The molecular weight excluding hydrogens is 310 g/mol. The molecule has 0 radical (unpaired) electrons. The normalized spacial score (nSPS) is 20.7. The van der Waals surface area contributed by atoms with E-state index < -0.39 is 0 Å². The molecule has 1 aromatic rings. The Hall–Kier alpha value is -1.08. The van der Waals surface area contributed by atoms with Crippen molar-refractivity contribution in [1.29, 1.82) is 0 Å². The highest BCUT2D eigenvalue weighted by Gasteiger charge is 2.38. The molecule has 3 N–H and O–H groups in total. The van der Waals surface area contributed by atoms with E-state index in [9.17, 15) is 4.79 Å². The van der Waals surface area contributed by atoms with Crippen LogP contribution in [0.5, 0.6) is 0 Å². The van der Waals surface area contributed by atoms with Gasteiger partial charge in [-0.25, -0.2) is 4.98 Å². The van der Waals surface area contributed by atoms with Crippen molar-refractivity contribution in [3.05, 3.63) is 5.82 Å². The van der Waals surface area contributed by atoms with Crippen molar-refractivity contribution in [1.82, 2.24) is 25.8 Å².